The molecule has 0 radical (unpaired) electrons. The van der Waals surface area contributed by atoms with Gasteiger partial charge in [-0.05, 0) is 36.4 Å². The SMILES string of the molecule is COC(=O)c1ccc(N2CCN(C(=O)Nc3ccc4c(c3)OCCO4)CC2)cc1. The second-order valence-corrected chi connectivity index (χ2v) is 6.80. The van der Waals surface area contributed by atoms with Crippen LogP contribution in [0, 0.1) is 0 Å². The summed E-state index contributed by atoms with van der Waals surface area (Å²) in [5, 5.41) is 2.92. The summed E-state index contributed by atoms with van der Waals surface area (Å²) in [5.74, 6) is 0.993. The highest BCUT2D eigenvalue weighted by atomic mass is 16.6. The van der Waals surface area contributed by atoms with Crippen LogP contribution in [-0.4, -0.2) is 63.4 Å². The Morgan fingerprint density at radius 1 is 0.931 bits per heavy atom. The number of hydrogen-bond donors (Lipinski definition) is 1. The van der Waals surface area contributed by atoms with Gasteiger partial charge in [0.2, 0.25) is 0 Å². The standard InChI is InChI=1S/C21H23N3O5/c1-27-20(25)15-2-5-17(6-3-15)23-8-10-24(11-9-23)21(26)22-16-4-7-18-19(14-16)29-13-12-28-18/h2-7,14H,8-13H2,1H3,(H,22,26). The number of ether oxygens (including phenoxy) is 3. The van der Waals surface area contributed by atoms with Crippen molar-refractivity contribution >= 4 is 23.4 Å². The van der Waals surface area contributed by atoms with Crippen molar-refractivity contribution < 1.29 is 23.8 Å². The minimum absolute atomic E-state index is 0.137. The lowest BCUT2D eigenvalue weighted by atomic mass is 10.2. The molecule has 152 valence electrons. The van der Waals surface area contributed by atoms with Crippen molar-refractivity contribution in [2.45, 2.75) is 0 Å². The number of nitrogens with one attached hydrogen (secondary N) is 1. The average Bonchev–Trinajstić information content (AvgIpc) is 2.78. The molecule has 0 spiro atoms. The predicted octanol–water partition coefficient (Wildman–Crippen LogP) is 2.60. The van der Waals surface area contributed by atoms with Gasteiger partial charge in [0.25, 0.3) is 0 Å². The Morgan fingerprint density at radius 2 is 1.62 bits per heavy atom. The van der Waals surface area contributed by atoms with Crippen LogP contribution in [0.3, 0.4) is 0 Å². The number of carbonyl (C=O) groups is 2. The molecule has 0 aliphatic carbocycles. The average molecular weight is 397 g/mol. The summed E-state index contributed by atoms with van der Waals surface area (Å²) in [4.78, 5) is 28.1. The fourth-order valence-corrected chi connectivity index (χ4v) is 3.42. The molecular weight excluding hydrogens is 374 g/mol. The van der Waals surface area contributed by atoms with Gasteiger partial charge >= 0.3 is 12.0 Å². The number of carbonyl (C=O) groups excluding carboxylic acids is 2. The Labute approximate surface area is 168 Å². The van der Waals surface area contributed by atoms with Crippen molar-refractivity contribution in [3.05, 3.63) is 48.0 Å². The maximum absolute atomic E-state index is 12.6. The molecule has 0 saturated carbocycles. The third kappa shape index (κ3) is 4.21. The van der Waals surface area contributed by atoms with Gasteiger partial charge in [-0.25, -0.2) is 9.59 Å². The highest BCUT2D eigenvalue weighted by Gasteiger charge is 2.22. The molecule has 8 heteroatoms. The number of benzene rings is 2. The largest absolute Gasteiger partial charge is 0.486 e. The minimum atomic E-state index is -0.350. The fourth-order valence-electron chi connectivity index (χ4n) is 3.42. The zero-order chi connectivity index (χ0) is 20.2. The first kappa shape index (κ1) is 18.9. The van der Waals surface area contributed by atoms with E-state index in [1.165, 1.54) is 7.11 Å². The van der Waals surface area contributed by atoms with Crippen LogP contribution in [0.5, 0.6) is 11.5 Å². The molecule has 2 amide bonds. The van der Waals surface area contributed by atoms with Crippen LogP contribution in [0.25, 0.3) is 0 Å². The van der Waals surface area contributed by atoms with Gasteiger partial charge in [0.05, 0.1) is 12.7 Å². The predicted molar refractivity (Wildman–Crippen MR) is 108 cm³/mol. The molecule has 1 saturated heterocycles. The maximum Gasteiger partial charge on any atom is 0.337 e. The molecule has 0 unspecified atom stereocenters. The Bertz CT molecular complexity index is 892. The number of amides is 2. The molecule has 4 rings (SSSR count). The van der Waals surface area contributed by atoms with Gasteiger partial charge in [-0.15, -0.1) is 0 Å². The summed E-state index contributed by atoms with van der Waals surface area (Å²) >= 11 is 0. The van der Waals surface area contributed by atoms with Crippen molar-refractivity contribution in [2.75, 3.05) is 56.7 Å². The van der Waals surface area contributed by atoms with E-state index in [2.05, 4.69) is 10.2 Å². The lowest BCUT2D eigenvalue weighted by molar-refractivity contribution is 0.0600. The monoisotopic (exact) mass is 397 g/mol. The molecule has 2 aliphatic rings. The van der Waals surface area contributed by atoms with E-state index in [-0.39, 0.29) is 12.0 Å². The van der Waals surface area contributed by atoms with E-state index in [4.69, 9.17) is 14.2 Å². The Hall–Kier alpha value is -3.42. The van der Waals surface area contributed by atoms with Crippen LogP contribution in [0.2, 0.25) is 0 Å². The van der Waals surface area contributed by atoms with Crippen LogP contribution in [-0.2, 0) is 4.74 Å². The normalized spacial score (nSPS) is 15.6. The van der Waals surface area contributed by atoms with Crippen molar-refractivity contribution in [3.63, 3.8) is 0 Å². The lowest BCUT2D eigenvalue weighted by Crippen LogP contribution is -2.50. The van der Waals surface area contributed by atoms with E-state index < -0.39 is 0 Å². The van der Waals surface area contributed by atoms with Crippen molar-refractivity contribution in [2.24, 2.45) is 0 Å². The van der Waals surface area contributed by atoms with E-state index >= 15 is 0 Å². The van der Waals surface area contributed by atoms with E-state index in [1.54, 1.807) is 29.2 Å². The molecule has 1 fully saturated rings. The van der Waals surface area contributed by atoms with E-state index in [0.29, 0.717) is 62.1 Å². The summed E-state index contributed by atoms with van der Waals surface area (Å²) in [6.45, 7) is 3.68. The van der Waals surface area contributed by atoms with Crippen molar-refractivity contribution in [1.82, 2.24) is 4.90 Å². The van der Waals surface area contributed by atoms with Gasteiger partial charge in [0, 0.05) is 43.6 Å². The molecule has 1 N–H and O–H groups in total. The van der Waals surface area contributed by atoms with Crippen LogP contribution in [0.4, 0.5) is 16.2 Å². The molecule has 0 aromatic heterocycles. The smallest absolute Gasteiger partial charge is 0.337 e. The van der Waals surface area contributed by atoms with E-state index in [0.717, 1.165) is 5.69 Å². The topological polar surface area (TPSA) is 80.3 Å². The number of nitrogens with zero attached hydrogens (tertiary/aromatic N) is 2. The Balaban J connectivity index is 1.32. The summed E-state index contributed by atoms with van der Waals surface area (Å²) in [7, 11) is 1.37. The summed E-state index contributed by atoms with van der Waals surface area (Å²) in [5.41, 5.74) is 2.22. The maximum atomic E-state index is 12.6. The zero-order valence-corrected chi connectivity index (χ0v) is 16.2. The molecule has 0 bridgehead atoms. The van der Waals surface area contributed by atoms with Gasteiger partial charge in [-0.3, -0.25) is 0 Å². The van der Waals surface area contributed by atoms with Crippen LogP contribution in [0.15, 0.2) is 42.5 Å². The first-order valence-electron chi connectivity index (χ1n) is 9.53. The quantitative estimate of drug-likeness (QED) is 0.802. The van der Waals surface area contributed by atoms with Gasteiger partial charge < -0.3 is 29.3 Å². The van der Waals surface area contributed by atoms with Crippen LogP contribution < -0.4 is 19.7 Å². The number of hydrogen-bond acceptors (Lipinski definition) is 6. The molecule has 2 aliphatic heterocycles. The summed E-state index contributed by atoms with van der Waals surface area (Å²) in [6, 6.07) is 12.6. The van der Waals surface area contributed by atoms with Crippen molar-refractivity contribution in [3.8, 4) is 11.5 Å². The summed E-state index contributed by atoms with van der Waals surface area (Å²) in [6.07, 6.45) is 0. The Kier molecular flexibility index (Phi) is 5.41. The number of anilines is 2. The lowest BCUT2D eigenvalue weighted by Gasteiger charge is -2.36. The van der Waals surface area contributed by atoms with Gasteiger partial charge in [0.15, 0.2) is 11.5 Å². The van der Waals surface area contributed by atoms with E-state index in [1.807, 2.05) is 18.2 Å². The molecule has 8 nitrogen and oxygen atoms in total. The highest BCUT2D eigenvalue weighted by molar-refractivity contribution is 5.90. The van der Waals surface area contributed by atoms with Crippen LogP contribution in [0.1, 0.15) is 10.4 Å². The van der Waals surface area contributed by atoms with Crippen molar-refractivity contribution in [1.29, 1.82) is 0 Å². The fraction of sp³-hybridized carbons (Fsp3) is 0.333. The van der Waals surface area contributed by atoms with E-state index in [9.17, 15) is 9.59 Å². The minimum Gasteiger partial charge on any atom is -0.486 e. The number of esters is 1. The van der Waals surface area contributed by atoms with Gasteiger partial charge in [-0.2, -0.15) is 0 Å². The number of urea groups is 1. The first-order valence-corrected chi connectivity index (χ1v) is 9.53. The van der Waals surface area contributed by atoms with Gasteiger partial charge in [0.1, 0.15) is 13.2 Å². The second kappa shape index (κ2) is 8.30. The van der Waals surface area contributed by atoms with Crippen LogP contribution >= 0.6 is 0 Å². The third-order valence-electron chi connectivity index (χ3n) is 5.01. The number of piperazine rings is 1. The molecule has 2 heterocycles. The number of methoxy groups -OCH3 is 1. The molecule has 29 heavy (non-hydrogen) atoms. The molecular formula is C21H23N3O5. The Morgan fingerprint density at radius 3 is 2.31 bits per heavy atom. The second-order valence-electron chi connectivity index (χ2n) is 6.80. The highest BCUT2D eigenvalue weighted by Crippen LogP contribution is 2.32. The molecule has 0 atom stereocenters. The summed E-state index contributed by atoms with van der Waals surface area (Å²) < 4.78 is 15.8. The first-order chi connectivity index (χ1) is 14.1. The molecule has 2 aromatic carbocycles. The zero-order valence-electron chi connectivity index (χ0n) is 16.2. The number of fused-ring (bicyclic) bond motifs is 1. The molecule has 2 aromatic rings. The number of rotatable bonds is 3. The van der Waals surface area contributed by atoms with Gasteiger partial charge in [-0.1, -0.05) is 0 Å². The third-order valence-corrected chi connectivity index (χ3v) is 5.01.